The lowest BCUT2D eigenvalue weighted by Gasteiger charge is -2.30. The molecule has 0 radical (unpaired) electrons. The van der Waals surface area contributed by atoms with Gasteiger partial charge in [-0.3, -0.25) is 15.0 Å². The molecule has 3 N–H and O–H groups in total. The fourth-order valence-electron chi connectivity index (χ4n) is 4.28. The summed E-state index contributed by atoms with van der Waals surface area (Å²) in [6.45, 7) is 0.134. The molecule has 1 heterocycles. The monoisotopic (exact) mass is 350 g/mol. The second-order valence-corrected chi connectivity index (χ2v) is 7.67. The molecule has 0 aromatic heterocycles. The summed E-state index contributed by atoms with van der Waals surface area (Å²) in [5.74, 6) is -0.644. The average Bonchev–Trinajstić information content (AvgIpc) is 2.79. The molecule has 3 rings (SSSR count). The fourth-order valence-corrected chi connectivity index (χ4v) is 4.28. The highest BCUT2D eigenvalue weighted by Gasteiger charge is 2.52. The minimum atomic E-state index is -0.796. The van der Waals surface area contributed by atoms with E-state index in [2.05, 4.69) is 16.1 Å². The largest absolute Gasteiger partial charge is 0.344 e. The molecule has 0 aromatic carbocycles. The quantitative estimate of drug-likeness (QED) is 0.676. The Morgan fingerprint density at radius 1 is 1.00 bits per heavy atom. The zero-order valence-corrected chi connectivity index (χ0v) is 14.9. The molecule has 7 nitrogen and oxygen atoms in total. The van der Waals surface area contributed by atoms with Gasteiger partial charge in [-0.05, 0) is 25.7 Å². The molecule has 1 spiro atoms. The number of hydrogen-bond donors (Lipinski definition) is 3. The van der Waals surface area contributed by atoms with E-state index in [0.29, 0.717) is 18.9 Å². The van der Waals surface area contributed by atoms with Crippen LogP contribution in [0.15, 0.2) is 0 Å². The van der Waals surface area contributed by atoms with E-state index in [9.17, 15) is 14.4 Å². The van der Waals surface area contributed by atoms with Crippen molar-refractivity contribution in [3.05, 3.63) is 0 Å². The summed E-state index contributed by atoms with van der Waals surface area (Å²) in [7, 11) is 0. The van der Waals surface area contributed by atoms with E-state index in [4.69, 9.17) is 0 Å². The lowest BCUT2D eigenvalue weighted by atomic mass is 9.82. The summed E-state index contributed by atoms with van der Waals surface area (Å²) < 4.78 is 0. The van der Waals surface area contributed by atoms with E-state index in [1.165, 1.54) is 32.1 Å². The first-order valence-corrected chi connectivity index (χ1v) is 9.80. The van der Waals surface area contributed by atoms with Crippen molar-refractivity contribution in [2.75, 3.05) is 6.54 Å². The van der Waals surface area contributed by atoms with E-state index in [1.54, 1.807) is 0 Å². The first-order chi connectivity index (χ1) is 12.1. The van der Waals surface area contributed by atoms with Gasteiger partial charge in [-0.2, -0.15) is 5.01 Å². The SMILES string of the molecule is O=C(CNC1CCCCCCC1)NN1C(=O)NC2(CCCCC2)C1=O. The van der Waals surface area contributed by atoms with Crippen LogP contribution >= 0.6 is 0 Å². The van der Waals surface area contributed by atoms with Gasteiger partial charge in [0.25, 0.3) is 11.8 Å². The van der Waals surface area contributed by atoms with Crippen molar-refractivity contribution in [3.8, 4) is 0 Å². The second kappa shape index (κ2) is 8.17. The number of amides is 4. The molecule has 3 fully saturated rings. The van der Waals surface area contributed by atoms with Crippen molar-refractivity contribution < 1.29 is 14.4 Å². The lowest BCUT2D eigenvalue weighted by molar-refractivity contribution is -0.139. The Morgan fingerprint density at radius 3 is 2.28 bits per heavy atom. The zero-order valence-electron chi connectivity index (χ0n) is 14.9. The van der Waals surface area contributed by atoms with Crippen LogP contribution < -0.4 is 16.1 Å². The number of hydrogen-bond acceptors (Lipinski definition) is 4. The van der Waals surface area contributed by atoms with Crippen molar-refractivity contribution in [1.29, 1.82) is 0 Å². The minimum Gasteiger partial charge on any atom is -0.322 e. The fraction of sp³-hybridized carbons (Fsp3) is 0.833. The van der Waals surface area contributed by atoms with E-state index in [-0.39, 0.29) is 18.4 Å². The summed E-state index contributed by atoms with van der Waals surface area (Å²) in [6, 6.07) is -0.162. The van der Waals surface area contributed by atoms with E-state index in [1.807, 2.05) is 0 Å². The van der Waals surface area contributed by atoms with Crippen LogP contribution in [0.3, 0.4) is 0 Å². The number of carbonyl (C=O) groups excluding carboxylic acids is 3. The van der Waals surface area contributed by atoms with Crippen molar-refractivity contribution in [1.82, 2.24) is 21.1 Å². The van der Waals surface area contributed by atoms with E-state index < -0.39 is 11.6 Å². The van der Waals surface area contributed by atoms with Crippen LogP contribution in [-0.2, 0) is 9.59 Å². The van der Waals surface area contributed by atoms with Gasteiger partial charge < -0.3 is 10.6 Å². The van der Waals surface area contributed by atoms with Crippen molar-refractivity contribution in [2.24, 2.45) is 0 Å². The normalized spacial score (nSPS) is 24.7. The molecule has 140 valence electrons. The Balaban J connectivity index is 1.48. The molecule has 7 heteroatoms. The van der Waals surface area contributed by atoms with Gasteiger partial charge in [0.05, 0.1) is 6.54 Å². The maximum Gasteiger partial charge on any atom is 0.344 e. The van der Waals surface area contributed by atoms with Gasteiger partial charge in [0.1, 0.15) is 5.54 Å². The summed E-state index contributed by atoms with van der Waals surface area (Å²) in [5, 5.41) is 6.96. The number of nitrogens with one attached hydrogen (secondary N) is 3. The standard InChI is InChI=1S/C18H30N4O3/c23-15(13-19-14-9-5-2-1-3-6-10-14)21-22-16(24)18(20-17(22)25)11-7-4-8-12-18/h14,19H,1-13H2,(H,20,25)(H,21,23). The number of carbonyl (C=O) groups is 3. The van der Waals surface area contributed by atoms with Gasteiger partial charge in [0.15, 0.2) is 0 Å². The Labute approximate surface area is 149 Å². The predicted octanol–water partition coefficient (Wildman–Crippen LogP) is 1.97. The molecular formula is C18H30N4O3. The van der Waals surface area contributed by atoms with Crippen LogP contribution in [-0.4, -0.2) is 41.0 Å². The lowest BCUT2D eigenvalue weighted by Crippen LogP contribution is -2.52. The van der Waals surface area contributed by atoms with Crippen molar-refractivity contribution in [2.45, 2.75) is 88.6 Å². The highest BCUT2D eigenvalue weighted by molar-refractivity contribution is 6.08. The number of rotatable bonds is 4. The van der Waals surface area contributed by atoms with E-state index in [0.717, 1.165) is 37.1 Å². The first-order valence-electron chi connectivity index (χ1n) is 9.80. The van der Waals surface area contributed by atoms with Gasteiger partial charge in [-0.15, -0.1) is 0 Å². The maximum atomic E-state index is 12.6. The van der Waals surface area contributed by atoms with Crippen LogP contribution in [0.1, 0.15) is 77.0 Å². The van der Waals surface area contributed by atoms with Crippen LogP contribution in [0.5, 0.6) is 0 Å². The predicted molar refractivity (Wildman–Crippen MR) is 93.4 cm³/mol. The molecule has 3 aliphatic rings. The van der Waals surface area contributed by atoms with Gasteiger partial charge in [-0.25, -0.2) is 4.79 Å². The topological polar surface area (TPSA) is 90.5 Å². The third-order valence-electron chi connectivity index (χ3n) is 5.76. The molecule has 2 saturated carbocycles. The third-order valence-corrected chi connectivity index (χ3v) is 5.76. The summed E-state index contributed by atoms with van der Waals surface area (Å²) >= 11 is 0. The molecule has 0 bridgehead atoms. The highest BCUT2D eigenvalue weighted by Crippen LogP contribution is 2.32. The summed E-state index contributed by atoms with van der Waals surface area (Å²) in [5.41, 5.74) is 1.69. The number of hydrazine groups is 1. The average molecular weight is 350 g/mol. The Morgan fingerprint density at radius 2 is 1.60 bits per heavy atom. The van der Waals surface area contributed by atoms with Crippen LogP contribution in [0.2, 0.25) is 0 Å². The molecule has 0 unspecified atom stereocenters. The van der Waals surface area contributed by atoms with Gasteiger partial charge in [0.2, 0.25) is 0 Å². The van der Waals surface area contributed by atoms with E-state index >= 15 is 0 Å². The van der Waals surface area contributed by atoms with Gasteiger partial charge in [0, 0.05) is 6.04 Å². The van der Waals surface area contributed by atoms with Crippen molar-refractivity contribution >= 4 is 17.8 Å². The van der Waals surface area contributed by atoms with Crippen LogP contribution in [0, 0.1) is 0 Å². The number of nitrogens with zero attached hydrogens (tertiary/aromatic N) is 1. The molecule has 1 aliphatic heterocycles. The Bertz CT molecular complexity index is 508. The molecule has 0 aromatic rings. The Kier molecular flexibility index (Phi) is 5.93. The van der Waals surface area contributed by atoms with Crippen LogP contribution in [0.4, 0.5) is 4.79 Å². The maximum absolute atomic E-state index is 12.6. The smallest absolute Gasteiger partial charge is 0.322 e. The Hall–Kier alpha value is -1.63. The van der Waals surface area contributed by atoms with Gasteiger partial charge in [-0.1, -0.05) is 51.4 Å². The molecule has 2 aliphatic carbocycles. The number of imide groups is 1. The first kappa shape index (κ1) is 18.2. The highest BCUT2D eigenvalue weighted by atomic mass is 16.2. The molecule has 0 atom stereocenters. The number of urea groups is 1. The van der Waals surface area contributed by atoms with Crippen molar-refractivity contribution in [3.63, 3.8) is 0 Å². The molecule has 1 saturated heterocycles. The molecular weight excluding hydrogens is 320 g/mol. The summed E-state index contributed by atoms with van der Waals surface area (Å²) in [4.78, 5) is 37.0. The molecule has 4 amide bonds. The zero-order chi connectivity index (χ0) is 17.7. The second-order valence-electron chi connectivity index (χ2n) is 7.67. The summed E-state index contributed by atoms with van der Waals surface area (Å²) in [6.07, 6.45) is 12.6. The van der Waals surface area contributed by atoms with Crippen LogP contribution in [0.25, 0.3) is 0 Å². The molecule has 25 heavy (non-hydrogen) atoms. The van der Waals surface area contributed by atoms with Gasteiger partial charge >= 0.3 is 6.03 Å². The third kappa shape index (κ3) is 4.32. The minimum absolute atomic E-state index is 0.134.